The fraction of sp³-hybridized carbons (Fsp3) is 0.500. The highest BCUT2D eigenvalue weighted by atomic mass is 16.6. The molecule has 1 unspecified atom stereocenters. The van der Waals surface area contributed by atoms with Gasteiger partial charge in [0, 0.05) is 23.6 Å². The van der Waals surface area contributed by atoms with E-state index in [1.54, 1.807) is 6.08 Å². The summed E-state index contributed by atoms with van der Waals surface area (Å²) in [5.41, 5.74) is 3.64. The molecule has 0 aromatic heterocycles. The Labute approximate surface area is 143 Å². The third-order valence-electron chi connectivity index (χ3n) is 5.27. The first-order valence-electron chi connectivity index (χ1n) is 8.83. The van der Waals surface area contributed by atoms with Gasteiger partial charge in [-0.1, -0.05) is 38.1 Å². The maximum Gasteiger partial charge on any atom is 0.113 e. The average molecular weight is 327 g/mol. The second-order valence-corrected chi connectivity index (χ2v) is 7.21. The van der Waals surface area contributed by atoms with Crippen molar-refractivity contribution in [3.8, 4) is 0 Å². The van der Waals surface area contributed by atoms with E-state index in [4.69, 9.17) is 9.47 Å². The highest BCUT2D eigenvalue weighted by molar-refractivity contribution is 5.58. The number of aliphatic hydroxyl groups excluding tert-OH is 1. The predicted molar refractivity (Wildman–Crippen MR) is 94.3 cm³/mol. The fourth-order valence-corrected chi connectivity index (χ4v) is 3.95. The van der Waals surface area contributed by atoms with Gasteiger partial charge >= 0.3 is 0 Å². The summed E-state index contributed by atoms with van der Waals surface area (Å²) in [4.78, 5) is 0. The van der Waals surface area contributed by atoms with Crippen molar-refractivity contribution in [2.75, 3.05) is 18.5 Å². The predicted octanol–water partition coefficient (Wildman–Crippen LogP) is 4.08. The lowest BCUT2D eigenvalue weighted by Crippen LogP contribution is -2.51. The van der Waals surface area contributed by atoms with E-state index in [1.807, 2.05) is 6.08 Å². The zero-order chi connectivity index (χ0) is 16.7. The average Bonchev–Trinajstić information content (AvgIpc) is 2.60. The molecule has 1 aromatic rings. The van der Waals surface area contributed by atoms with Crippen LogP contribution in [0.25, 0.3) is 0 Å². The molecule has 2 aliphatic heterocycles. The maximum atomic E-state index is 9.91. The molecule has 2 heterocycles. The van der Waals surface area contributed by atoms with Gasteiger partial charge in [0.1, 0.15) is 12.2 Å². The van der Waals surface area contributed by atoms with Crippen molar-refractivity contribution in [1.29, 1.82) is 0 Å². The van der Waals surface area contributed by atoms with Crippen molar-refractivity contribution in [3.05, 3.63) is 53.3 Å². The molecule has 4 heteroatoms. The molecule has 4 nitrogen and oxygen atoms in total. The number of rotatable bonds is 2. The Morgan fingerprint density at radius 1 is 1.21 bits per heavy atom. The number of hydrogen-bond acceptors (Lipinski definition) is 4. The van der Waals surface area contributed by atoms with Crippen molar-refractivity contribution in [2.45, 2.75) is 44.4 Å². The van der Waals surface area contributed by atoms with Gasteiger partial charge in [0.05, 0.1) is 25.0 Å². The van der Waals surface area contributed by atoms with E-state index in [0.29, 0.717) is 31.3 Å². The number of ether oxygens (including phenoxy) is 2. The zero-order valence-electron chi connectivity index (χ0n) is 14.2. The Bertz CT molecular complexity index is 679. The van der Waals surface area contributed by atoms with E-state index in [9.17, 15) is 5.11 Å². The SMILES string of the molecule is CC(C)c1ccc2c(c1)[C@H]1OCCO[C@H]1[C@H](C1C=CC=C(O)C1)N2. The van der Waals surface area contributed by atoms with Crippen LogP contribution in [0.2, 0.25) is 0 Å². The minimum Gasteiger partial charge on any atom is -0.512 e. The molecule has 0 radical (unpaired) electrons. The second-order valence-electron chi connectivity index (χ2n) is 7.21. The number of hydrogen-bond donors (Lipinski definition) is 2. The standard InChI is InChI=1S/C20H25NO3/c1-12(2)13-6-7-17-16(11-13)19-20(24-9-8-23-19)18(21-17)14-4-3-5-15(22)10-14/h3-7,11-12,14,18-22H,8-10H2,1-2H3/t14?,18-,19+,20-/m0/s1. The Morgan fingerprint density at radius 3 is 2.83 bits per heavy atom. The van der Waals surface area contributed by atoms with Gasteiger partial charge in [-0.2, -0.15) is 0 Å². The van der Waals surface area contributed by atoms with E-state index in [1.165, 1.54) is 11.1 Å². The molecule has 0 saturated carbocycles. The molecule has 2 N–H and O–H groups in total. The molecular formula is C20H25NO3. The Kier molecular flexibility index (Phi) is 4.10. The van der Waals surface area contributed by atoms with Crippen molar-refractivity contribution >= 4 is 5.69 Å². The van der Waals surface area contributed by atoms with Gasteiger partial charge in [0.25, 0.3) is 0 Å². The third-order valence-corrected chi connectivity index (χ3v) is 5.27. The number of anilines is 1. The van der Waals surface area contributed by atoms with E-state index in [0.717, 1.165) is 5.69 Å². The number of aliphatic hydroxyl groups is 1. The van der Waals surface area contributed by atoms with E-state index < -0.39 is 0 Å². The van der Waals surface area contributed by atoms with Crippen LogP contribution < -0.4 is 5.32 Å². The topological polar surface area (TPSA) is 50.7 Å². The molecule has 0 amide bonds. The number of nitrogens with one attached hydrogen (secondary N) is 1. The highest BCUT2D eigenvalue weighted by Crippen LogP contribution is 2.43. The summed E-state index contributed by atoms with van der Waals surface area (Å²) >= 11 is 0. The summed E-state index contributed by atoms with van der Waals surface area (Å²) in [7, 11) is 0. The molecule has 0 spiro atoms. The summed E-state index contributed by atoms with van der Waals surface area (Å²) < 4.78 is 12.2. The first-order valence-corrected chi connectivity index (χ1v) is 8.83. The largest absolute Gasteiger partial charge is 0.512 e. The van der Waals surface area contributed by atoms with E-state index in [-0.39, 0.29) is 24.2 Å². The van der Waals surface area contributed by atoms with Crippen molar-refractivity contribution in [3.63, 3.8) is 0 Å². The Balaban J connectivity index is 1.69. The summed E-state index contributed by atoms with van der Waals surface area (Å²) in [5.74, 6) is 1.11. The van der Waals surface area contributed by atoms with Crippen LogP contribution in [0.5, 0.6) is 0 Å². The zero-order valence-corrected chi connectivity index (χ0v) is 14.2. The van der Waals surface area contributed by atoms with Gasteiger partial charge in [-0.25, -0.2) is 0 Å². The molecule has 1 aromatic carbocycles. The molecule has 1 aliphatic carbocycles. The van der Waals surface area contributed by atoms with Crippen LogP contribution in [0.15, 0.2) is 42.2 Å². The quantitative estimate of drug-likeness (QED) is 0.859. The van der Waals surface area contributed by atoms with Gasteiger partial charge in [-0.15, -0.1) is 0 Å². The summed E-state index contributed by atoms with van der Waals surface area (Å²) in [6, 6.07) is 6.70. The Hall–Kier alpha value is -1.78. The summed E-state index contributed by atoms with van der Waals surface area (Å²) in [6.07, 6.45) is 6.41. The van der Waals surface area contributed by atoms with Gasteiger partial charge in [0.2, 0.25) is 0 Å². The molecule has 4 rings (SSSR count). The van der Waals surface area contributed by atoms with E-state index in [2.05, 4.69) is 43.4 Å². The summed E-state index contributed by atoms with van der Waals surface area (Å²) in [6.45, 7) is 5.67. The van der Waals surface area contributed by atoms with Crippen molar-refractivity contribution in [1.82, 2.24) is 0 Å². The van der Waals surface area contributed by atoms with Gasteiger partial charge in [0.15, 0.2) is 0 Å². The van der Waals surface area contributed by atoms with Crippen LogP contribution in [0, 0.1) is 5.92 Å². The van der Waals surface area contributed by atoms with Gasteiger partial charge < -0.3 is 19.9 Å². The molecule has 0 bridgehead atoms. The summed E-state index contributed by atoms with van der Waals surface area (Å²) in [5, 5.41) is 13.6. The minimum atomic E-state index is -0.0415. The van der Waals surface area contributed by atoms with Crippen LogP contribution in [0.3, 0.4) is 0 Å². The van der Waals surface area contributed by atoms with Crippen molar-refractivity contribution < 1.29 is 14.6 Å². The first kappa shape index (κ1) is 15.7. The monoisotopic (exact) mass is 327 g/mol. The lowest BCUT2D eigenvalue weighted by molar-refractivity contribution is -0.154. The first-order chi connectivity index (χ1) is 11.6. The van der Waals surface area contributed by atoms with E-state index >= 15 is 0 Å². The van der Waals surface area contributed by atoms with Crippen LogP contribution >= 0.6 is 0 Å². The van der Waals surface area contributed by atoms with Crippen molar-refractivity contribution in [2.24, 2.45) is 5.92 Å². The third kappa shape index (κ3) is 2.74. The minimum absolute atomic E-state index is 0.0331. The van der Waals surface area contributed by atoms with Crippen LogP contribution in [0.4, 0.5) is 5.69 Å². The lowest BCUT2D eigenvalue weighted by atomic mass is 9.80. The highest BCUT2D eigenvalue weighted by Gasteiger charge is 2.43. The molecule has 1 saturated heterocycles. The normalized spacial score (nSPS) is 31.9. The fourth-order valence-electron chi connectivity index (χ4n) is 3.95. The molecular weight excluding hydrogens is 302 g/mol. The maximum absolute atomic E-state index is 9.91. The Morgan fingerprint density at radius 2 is 2.04 bits per heavy atom. The lowest BCUT2D eigenvalue weighted by Gasteiger charge is -2.45. The molecule has 3 aliphatic rings. The molecule has 24 heavy (non-hydrogen) atoms. The number of benzene rings is 1. The molecule has 4 atom stereocenters. The smallest absolute Gasteiger partial charge is 0.113 e. The molecule has 128 valence electrons. The number of fused-ring (bicyclic) bond motifs is 3. The molecule has 1 fully saturated rings. The van der Waals surface area contributed by atoms with Gasteiger partial charge in [-0.3, -0.25) is 0 Å². The van der Waals surface area contributed by atoms with Crippen LogP contribution in [-0.2, 0) is 9.47 Å². The van der Waals surface area contributed by atoms with Gasteiger partial charge in [-0.05, 0) is 23.6 Å². The number of allylic oxidation sites excluding steroid dienone is 3. The van der Waals surface area contributed by atoms with Crippen LogP contribution in [0.1, 0.15) is 43.4 Å². The van der Waals surface area contributed by atoms with Crippen LogP contribution in [-0.4, -0.2) is 30.5 Å². The second kappa shape index (κ2) is 6.26.